The molecule has 0 aliphatic carbocycles. The van der Waals surface area contributed by atoms with Crippen LogP contribution in [0.5, 0.6) is 5.75 Å². The third-order valence-corrected chi connectivity index (χ3v) is 3.76. The minimum Gasteiger partial charge on any atom is -0.489 e. The molecular formula is C16H24N2O3. The minimum atomic E-state index is -0.271. The summed E-state index contributed by atoms with van der Waals surface area (Å²) in [5, 5.41) is 5.90. The van der Waals surface area contributed by atoms with Gasteiger partial charge in [0.2, 0.25) is 0 Å². The standard InChI is InChI=1S/C16H24N2O3/c1-12(13(2)21-14-7-5-4-6-8-14)17-15(19)18-16(3)9-10-20-11-16/h4-8,12-13H,9-11H2,1-3H3,(H2,17,18,19)/t12-,13-,16+/m0/s1. The predicted molar refractivity (Wildman–Crippen MR) is 81.5 cm³/mol. The molecule has 0 bridgehead atoms. The van der Waals surface area contributed by atoms with Gasteiger partial charge < -0.3 is 20.1 Å². The van der Waals surface area contributed by atoms with Crippen molar-refractivity contribution in [2.24, 2.45) is 0 Å². The normalized spacial score (nSPS) is 24.1. The molecule has 1 fully saturated rings. The Morgan fingerprint density at radius 1 is 1.33 bits per heavy atom. The Morgan fingerprint density at radius 2 is 2.05 bits per heavy atom. The van der Waals surface area contributed by atoms with Crippen LogP contribution in [0.15, 0.2) is 30.3 Å². The number of urea groups is 1. The summed E-state index contributed by atoms with van der Waals surface area (Å²) in [6, 6.07) is 9.31. The summed E-state index contributed by atoms with van der Waals surface area (Å²) >= 11 is 0. The first-order chi connectivity index (χ1) is 9.98. The summed E-state index contributed by atoms with van der Waals surface area (Å²) in [4.78, 5) is 12.0. The largest absolute Gasteiger partial charge is 0.489 e. The van der Waals surface area contributed by atoms with E-state index in [4.69, 9.17) is 9.47 Å². The number of rotatable bonds is 5. The molecule has 1 aliphatic rings. The highest BCUT2D eigenvalue weighted by Gasteiger charge is 2.31. The van der Waals surface area contributed by atoms with Crippen molar-refractivity contribution in [3.05, 3.63) is 30.3 Å². The van der Waals surface area contributed by atoms with Crippen molar-refractivity contribution < 1.29 is 14.3 Å². The SMILES string of the molecule is C[C@H](NC(=O)N[C@]1(C)CCOC1)[C@H](C)Oc1ccccc1. The summed E-state index contributed by atoms with van der Waals surface area (Å²) in [5.41, 5.74) is -0.271. The van der Waals surface area contributed by atoms with Crippen LogP contribution in [0.2, 0.25) is 0 Å². The van der Waals surface area contributed by atoms with Gasteiger partial charge in [0.05, 0.1) is 18.2 Å². The lowest BCUT2D eigenvalue weighted by molar-refractivity contribution is 0.161. The second-order valence-corrected chi connectivity index (χ2v) is 5.89. The minimum absolute atomic E-state index is 0.101. The Labute approximate surface area is 126 Å². The molecule has 3 atom stereocenters. The number of ether oxygens (including phenoxy) is 2. The zero-order valence-corrected chi connectivity index (χ0v) is 12.9. The monoisotopic (exact) mass is 292 g/mol. The van der Waals surface area contributed by atoms with Crippen molar-refractivity contribution in [3.8, 4) is 5.75 Å². The summed E-state index contributed by atoms with van der Waals surface area (Å²) in [5.74, 6) is 0.801. The van der Waals surface area contributed by atoms with Crippen molar-refractivity contribution >= 4 is 6.03 Å². The highest BCUT2D eigenvalue weighted by molar-refractivity contribution is 5.75. The number of benzene rings is 1. The molecule has 1 aromatic rings. The van der Waals surface area contributed by atoms with E-state index in [-0.39, 0.29) is 23.7 Å². The third-order valence-electron chi connectivity index (χ3n) is 3.76. The smallest absolute Gasteiger partial charge is 0.315 e. The van der Waals surface area contributed by atoms with Crippen LogP contribution >= 0.6 is 0 Å². The first-order valence-electron chi connectivity index (χ1n) is 7.37. The quantitative estimate of drug-likeness (QED) is 0.875. The molecule has 0 saturated carbocycles. The first kappa shape index (κ1) is 15.6. The average Bonchev–Trinajstić information content (AvgIpc) is 2.85. The van der Waals surface area contributed by atoms with Gasteiger partial charge in [0.1, 0.15) is 11.9 Å². The van der Waals surface area contributed by atoms with Gasteiger partial charge in [-0.1, -0.05) is 18.2 Å². The van der Waals surface area contributed by atoms with E-state index in [1.54, 1.807) is 0 Å². The van der Waals surface area contributed by atoms with Crippen LogP contribution in [-0.4, -0.2) is 36.9 Å². The van der Waals surface area contributed by atoms with Crippen molar-refractivity contribution in [2.75, 3.05) is 13.2 Å². The van der Waals surface area contributed by atoms with Gasteiger partial charge in [0, 0.05) is 6.61 Å². The summed E-state index contributed by atoms with van der Waals surface area (Å²) in [6.45, 7) is 7.12. The summed E-state index contributed by atoms with van der Waals surface area (Å²) in [7, 11) is 0. The lowest BCUT2D eigenvalue weighted by Gasteiger charge is -2.27. The molecule has 2 amide bonds. The van der Waals surface area contributed by atoms with Gasteiger partial charge in [-0.2, -0.15) is 0 Å². The molecule has 116 valence electrons. The first-order valence-corrected chi connectivity index (χ1v) is 7.37. The molecule has 21 heavy (non-hydrogen) atoms. The van der Waals surface area contributed by atoms with E-state index in [9.17, 15) is 4.79 Å². The lowest BCUT2D eigenvalue weighted by atomic mass is 10.0. The van der Waals surface area contributed by atoms with Crippen molar-refractivity contribution in [1.82, 2.24) is 10.6 Å². The zero-order chi connectivity index (χ0) is 15.3. The maximum absolute atomic E-state index is 12.0. The van der Waals surface area contributed by atoms with Crippen molar-refractivity contribution in [2.45, 2.75) is 44.9 Å². The number of para-hydroxylation sites is 1. The fraction of sp³-hybridized carbons (Fsp3) is 0.562. The molecule has 0 radical (unpaired) electrons. The Morgan fingerprint density at radius 3 is 2.67 bits per heavy atom. The molecule has 5 heteroatoms. The van der Waals surface area contributed by atoms with Crippen LogP contribution in [0.1, 0.15) is 27.2 Å². The van der Waals surface area contributed by atoms with Gasteiger partial charge in [-0.25, -0.2) is 4.79 Å². The van der Waals surface area contributed by atoms with E-state index < -0.39 is 0 Å². The Bertz CT molecular complexity index is 458. The molecule has 0 unspecified atom stereocenters. The molecule has 5 nitrogen and oxygen atoms in total. The second-order valence-electron chi connectivity index (χ2n) is 5.89. The van der Waals surface area contributed by atoms with Gasteiger partial charge in [-0.05, 0) is 39.3 Å². The van der Waals surface area contributed by atoms with Gasteiger partial charge in [0.25, 0.3) is 0 Å². The molecule has 1 saturated heterocycles. The van der Waals surface area contributed by atoms with Crippen LogP contribution in [0, 0.1) is 0 Å². The predicted octanol–water partition coefficient (Wildman–Crippen LogP) is 2.32. The second kappa shape index (κ2) is 6.80. The highest BCUT2D eigenvalue weighted by Crippen LogP contribution is 2.17. The number of carbonyl (C=O) groups is 1. The fourth-order valence-corrected chi connectivity index (χ4v) is 2.22. The van der Waals surface area contributed by atoms with Crippen molar-refractivity contribution in [1.29, 1.82) is 0 Å². The Hall–Kier alpha value is -1.75. The van der Waals surface area contributed by atoms with E-state index in [1.165, 1.54) is 0 Å². The molecular weight excluding hydrogens is 268 g/mol. The van der Waals surface area contributed by atoms with Crippen LogP contribution in [0.25, 0.3) is 0 Å². The number of nitrogens with one attached hydrogen (secondary N) is 2. The highest BCUT2D eigenvalue weighted by atomic mass is 16.5. The fourth-order valence-electron chi connectivity index (χ4n) is 2.22. The topological polar surface area (TPSA) is 59.6 Å². The molecule has 2 rings (SSSR count). The van der Waals surface area contributed by atoms with E-state index in [2.05, 4.69) is 10.6 Å². The van der Waals surface area contributed by atoms with Crippen LogP contribution in [-0.2, 0) is 4.74 Å². The number of hydrogen-bond donors (Lipinski definition) is 2. The molecule has 0 spiro atoms. The maximum atomic E-state index is 12.0. The molecule has 1 aromatic carbocycles. The molecule has 1 heterocycles. The number of amides is 2. The Kier molecular flexibility index (Phi) is 5.07. The van der Waals surface area contributed by atoms with E-state index in [0.29, 0.717) is 13.2 Å². The molecule has 2 N–H and O–H groups in total. The lowest BCUT2D eigenvalue weighted by Crippen LogP contribution is -2.54. The maximum Gasteiger partial charge on any atom is 0.315 e. The molecule has 0 aromatic heterocycles. The van der Waals surface area contributed by atoms with Gasteiger partial charge in [-0.15, -0.1) is 0 Å². The van der Waals surface area contributed by atoms with Gasteiger partial charge in [0.15, 0.2) is 0 Å². The van der Waals surface area contributed by atoms with E-state index in [0.717, 1.165) is 12.2 Å². The van der Waals surface area contributed by atoms with E-state index in [1.807, 2.05) is 51.1 Å². The van der Waals surface area contributed by atoms with Gasteiger partial charge >= 0.3 is 6.03 Å². The number of carbonyl (C=O) groups excluding carboxylic acids is 1. The Balaban J connectivity index is 1.80. The van der Waals surface area contributed by atoms with E-state index >= 15 is 0 Å². The summed E-state index contributed by atoms with van der Waals surface area (Å²) < 4.78 is 11.1. The summed E-state index contributed by atoms with van der Waals surface area (Å²) in [6.07, 6.45) is 0.719. The van der Waals surface area contributed by atoms with Crippen LogP contribution in [0.4, 0.5) is 4.79 Å². The third kappa shape index (κ3) is 4.63. The number of hydrogen-bond acceptors (Lipinski definition) is 3. The zero-order valence-electron chi connectivity index (χ0n) is 12.9. The average molecular weight is 292 g/mol. The van der Waals surface area contributed by atoms with Crippen LogP contribution in [0.3, 0.4) is 0 Å². The van der Waals surface area contributed by atoms with Gasteiger partial charge in [-0.3, -0.25) is 0 Å². The van der Waals surface area contributed by atoms with Crippen LogP contribution < -0.4 is 15.4 Å². The molecule has 1 aliphatic heterocycles. The van der Waals surface area contributed by atoms with Crippen molar-refractivity contribution in [3.63, 3.8) is 0 Å².